The molecule has 5 nitrogen and oxygen atoms in total. The van der Waals surface area contributed by atoms with Crippen molar-refractivity contribution < 1.29 is 4.74 Å². The summed E-state index contributed by atoms with van der Waals surface area (Å²) in [7, 11) is 0. The zero-order valence-corrected chi connectivity index (χ0v) is 11.6. The van der Waals surface area contributed by atoms with Gasteiger partial charge in [0.15, 0.2) is 0 Å². The molecule has 0 aliphatic rings. The average Bonchev–Trinajstić information content (AvgIpc) is 2.56. The van der Waals surface area contributed by atoms with Crippen molar-refractivity contribution in [3.63, 3.8) is 0 Å². The SMILES string of the molecule is c1cnc(NCCCOc2cccc3cccnc23)nc1. The van der Waals surface area contributed by atoms with E-state index in [-0.39, 0.29) is 0 Å². The van der Waals surface area contributed by atoms with Gasteiger partial charge in [0.05, 0.1) is 6.61 Å². The number of benzene rings is 1. The van der Waals surface area contributed by atoms with Crippen molar-refractivity contribution in [2.75, 3.05) is 18.5 Å². The summed E-state index contributed by atoms with van der Waals surface area (Å²) in [4.78, 5) is 12.6. The Balaban J connectivity index is 1.51. The predicted octanol–water partition coefficient (Wildman–Crippen LogP) is 2.91. The highest BCUT2D eigenvalue weighted by molar-refractivity contribution is 5.84. The normalized spacial score (nSPS) is 10.5. The van der Waals surface area contributed by atoms with E-state index in [1.807, 2.05) is 30.3 Å². The molecular weight excluding hydrogens is 264 g/mol. The van der Waals surface area contributed by atoms with Gasteiger partial charge >= 0.3 is 0 Å². The third-order valence-electron chi connectivity index (χ3n) is 3.02. The van der Waals surface area contributed by atoms with Crippen molar-refractivity contribution in [1.29, 1.82) is 0 Å². The minimum absolute atomic E-state index is 0.621. The average molecular weight is 280 g/mol. The predicted molar refractivity (Wildman–Crippen MR) is 82.4 cm³/mol. The van der Waals surface area contributed by atoms with Gasteiger partial charge in [0, 0.05) is 30.5 Å². The molecule has 0 spiro atoms. The zero-order valence-electron chi connectivity index (χ0n) is 11.6. The molecule has 0 saturated heterocycles. The molecule has 0 aliphatic heterocycles. The van der Waals surface area contributed by atoms with Gasteiger partial charge in [-0.05, 0) is 24.6 Å². The Morgan fingerprint density at radius 2 is 1.71 bits per heavy atom. The van der Waals surface area contributed by atoms with Crippen LogP contribution in [0.15, 0.2) is 55.0 Å². The number of nitrogens with zero attached hydrogens (tertiary/aromatic N) is 3. The number of hydrogen-bond acceptors (Lipinski definition) is 5. The monoisotopic (exact) mass is 280 g/mol. The molecule has 5 heteroatoms. The Labute approximate surface area is 123 Å². The maximum Gasteiger partial charge on any atom is 0.222 e. The van der Waals surface area contributed by atoms with Crippen molar-refractivity contribution >= 4 is 16.9 Å². The van der Waals surface area contributed by atoms with Gasteiger partial charge in [-0.1, -0.05) is 18.2 Å². The van der Waals surface area contributed by atoms with Crippen LogP contribution in [0, 0.1) is 0 Å². The number of anilines is 1. The van der Waals surface area contributed by atoms with Crippen LogP contribution in [0.3, 0.4) is 0 Å². The van der Waals surface area contributed by atoms with Gasteiger partial charge in [0.25, 0.3) is 0 Å². The Kier molecular flexibility index (Phi) is 4.21. The first kappa shape index (κ1) is 13.3. The fraction of sp³-hybridized carbons (Fsp3) is 0.188. The summed E-state index contributed by atoms with van der Waals surface area (Å²) in [5.74, 6) is 1.47. The minimum Gasteiger partial charge on any atom is -0.491 e. The Bertz CT molecular complexity index is 697. The summed E-state index contributed by atoms with van der Waals surface area (Å²) in [6.45, 7) is 1.39. The standard InChI is InChI=1S/C16H16N4O/c1-5-13-6-2-8-17-15(13)14(7-1)21-12-4-11-20-16-18-9-3-10-19-16/h1-3,5-10H,4,11-12H2,(H,18,19,20). The molecule has 0 bridgehead atoms. The molecule has 0 aliphatic carbocycles. The molecule has 0 fully saturated rings. The number of hydrogen-bond donors (Lipinski definition) is 1. The van der Waals surface area contributed by atoms with Crippen molar-refractivity contribution in [3.05, 3.63) is 55.0 Å². The highest BCUT2D eigenvalue weighted by atomic mass is 16.5. The molecule has 1 N–H and O–H groups in total. The molecule has 0 amide bonds. The first-order valence-corrected chi connectivity index (χ1v) is 6.91. The van der Waals surface area contributed by atoms with Crippen LogP contribution in [0.1, 0.15) is 6.42 Å². The van der Waals surface area contributed by atoms with Crippen LogP contribution in [-0.4, -0.2) is 28.1 Å². The minimum atomic E-state index is 0.621. The number of nitrogens with one attached hydrogen (secondary N) is 1. The molecule has 2 heterocycles. The zero-order chi connectivity index (χ0) is 14.3. The third kappa shape index (κ3) is 3.45. The number of pyridine rings is 1. The van der Waals surface area contributed by atoms with Gasteiger partial charge in [-0.15, -0.1) is 0 Å². The smallest absolute Gasteiger partial charge is 0.222 e. The molecule has 106 valence electrons. The second-order valence-electron chi connectivity index (χ2n) is 4.53. The lowest BCUT2D eigenvalue weighted by atomic mass is 10.2. The quantitative estimate of drug-likeness (QED) is 0.703. The molecular formula is C16H16N4O. The van der Waals surface area contributed by atoms with Crippen molar-refractivity contribution in [1.82, 2.24) is 15.0 Å². The lowest BCUT2D eigenvalue weighted by Gasteiger charge is -2.09. The number of fused-ring (bicyclic) bond motifs is 1. The fourth-order valence-corrected chi connectivity index (χ4v) is 2.04. The van der Waals surface area contributed by atoms with E-state index in [4.69, 9.17) is 4.74 Å². The van der Waals surface area contributed by atoms with E-state index in [0.717, 1.165) is 29.6 Å². The molecule has 0 saturated carbocycles. The van der Waals surface area contributed by atoms with Crippen LogP contribution < -0.4 is 10.1 Å². The third-order valence-corrected chi connectivity index (χ3v) is 3.02. The topological polar surface area (TPSA) is 59.9 Å². The molecule has 0 atom stereocenters. The molecule has 3 rings (SSSR count). The van der Waals surface area contributed by atoms with E-state index in [9.17, 15) is 0 Å². The summed E-state index contributed by atoms with van der Waals surface area (Å²) in [5.41, 5.74) is 0.902. The van der Waals surface area contributed by atoms with Crippen molar-refractivity contribution in [3.8, 4) is 5.75 Å². The van der Waals surface area contributed by atoms with Crippen LogP contribution in [0.25, 0.3) is 10.9 Å². The largest absolute Gasteiger partial charge is 0.491 e. The molecule has 3 aromatic rings. The lowest BCUT2D eigenvalue weighted by Crippen LogP contribution is -2.09. The highest BCUT2D eigenvalue weighted by Gasteiger charge is 2.02. The van der Waals surface area contributed by atoms with Gasteiger partial charge in [0.2, 0.25) is 5.95 Å². The van der Waals surface area contributed by atoms with Crippen LogP contribution in [0.2, 0.25) is 0 Å². The maximum absolute atomic E-state index is 5.81. The number of para-hydroxylation sites is 1. The summed E-state index contributed by atoms with van der Waals surface area (Å²) >= 11 is 0. The van der Waals surface area contributed by atoms with Gasteiger partial charge < -0.3 is 10.1 Å². The number of aromatic nitrogens is 3. The van der Waals surface area contributed by atoms with E-state index in [1.54, 1.807) is 24.7 Å². The van der Waals surface area contributed by atoms with Crippen LogP contribution in [0.4, 0.5) is 5.95 Å². The van der Waals surface area contributed by atoms with Crippen molar-refractivity contribution in [2.24, 2.45) is 0 Å². The molecule has 0 unspecified atom stereocenters. The van der Waals surface area contributed by atoms with Gasteiger partial charge in [-0.3, -0.25) is 4.98 Å². The molecule has 0 radical (unpaired) electrons. The van der Waals surface area contributed by atoms with E-state index in [2.05, 4.69) is 20.3 Å². The Morgan fingerprint density at radius 3 is 2.62 bits per heavy atom. The molecule has 1 aromatic carbocycles. The van der Waals surface area contributed by atoms with Gasteiger partial charge in [-0.2, -0.15) is 0 Å². The fourth-order valence-electron chi connectivity index (χ4n) is 2.04. The van der Waals surface area contributed by atoms with Crippen LogP contribution in [0.5, 0.6) is 5.75 Å². The summed E-state index contributed by atoms with van der Waals surface area (Å²) in [6.07, 6.45) is 6.08. The van der Waals surface area contributed by atoms with Gasteiger partial charge in [0.1, 0.15) is 11.3 Å². The van der Waals surface area contributed by atoms with E-state index < -0.39 is 0 Å². The van der Waals surface area contributed by atoms with Crippen LogP contribution in [-0.2, 0) is 0 Å². The maximum atomic E-state index is 5.81. The summed E-state index contributed by atoms with van der Waals surface area (Å²) < 4.78 is 5.81. The van der Waals surface area contributed by atoms with Gasteiger partial charge in [-0.25, -0.2) is 9.97 Å². The second kappa shape index (κ2) is 6.65. The first-order chi connectivity index (χ1) is 10.4. The van der Waals surface area contributed by atoms with Crippen molar-refractivity contribution in [2.45, 2.75) is 6.42 Å². The lowest BCUT2D eigenvalue weighted by molar-refractivity contribution is 0.318. The van der Waals surface area contributed by atoms with E-state index >= 15 is 0 Å². The number of ether oxygens (including phenoxy) is 1. The summed E-state index contributed by atoms with van der Waals surface area (Å²) in [6, 6.07) is 11.7. The Hall–Kier alpha value is -2.69. The number of rotatable bonds is 6. The van der Waals surface area contributed by atoms with E-state index in [0.29, 0.717) is 12.6 Å². The Morgan fingerprint density at radius 1 is 0.905 bits per heavy atom. The second-order valence-corrected chi connectivity index (χ2v) is 4.53. The first-order valence-electron chi connectivity index (χ1n) is 6.91. The van der Waals surface area contributed by atoms with E-state index in [1.165, 1.54) is 0 Å². The molecule has 21 heavy (non-hydrogen) atoms. The highest BCUT2D eigenvalue weighted by Crippen LogP contribution is 2.22. The molecule has 2 aromatic heterocycles. The van der Waals surface area contributed by atoms with Crippen LogP contribution >= 0.6 is 0 Å². The summed E-state index contributed by atoms with van der Waals surface area (Å²) in [5, 5.41) is 4.24.